The number of halogens is 1. The van der Waals surface area contributed by atoms with E-state index in [0.717, 1.165) is 37.3 Å². The minimum Gasteiger partial charge on any atom is -0.465 e. The average Bonchev–Trinajstić information content (AvgIpc) is 2.67. The third-order valence-corrected chi connectivity index (χ3v) is 4.64. The Morgan fingerprint density at radius 3 is 2.50 bits per heavy atom. The number of hydrogen-bond donors (Lipinski definition) is 0. The molecule has 0 aliphatic carbocycles. The molecule has 0 bridgehead atoms. The smallest absolute Gasteiger partial charge is 0.339 e. The van der Waals surface area contributed by atoms with E-state index in [9.17, 15) is 9.18 Å². The summed E-state index contributed by atoms with van der Waals surface area (Å²) in [5, 5.41) is 0. The number of hydrogen-bond acceptors (Lipinski definition) is 5. The second-order valence-corrected chi connectivity index (χ2v) is 6.42. The number of benzene rings is 1. The summed E-state index contributed by atoms with van der Waals surface area (Å²) in [4.78, 5) is 18.4. The van der Waals surface area contributed by atoms with Gasteiger partial charge in [0.15, 0.2) is 0 Å². The maximum absolute atomic E-state index is 12.9. The van der Waals surface area contributed by atoms with Gasteiger partial charge in [0.25, 0.3) is 0 Å². The second-order valence-electron chi connectivity index (χ2n) is 6.42. The predicted molar refractivity (Wildman–Crippen MR) is 96.7 cm³/mol. The zero-order valence-corrected chi connectivity index (χ0v) is 15.1. The lowest BCUT2D eigenvalue weighted by atomic mass is 10.1. The Kier molecular flexibility index (Phi) is 5.83. The van der Waals surface area contributed by atoms with Crippen LogP contribution in [0.2, 0.25) is 0 Å². The quantitative estimate of drug-likeness (QED) is 0.766. The molecule has 6 heteroatoms. The standard InChI is InChI=1S/C20H23FN2O3/c1-14-18(20(24)25-2)7-8-19(22-14)23-11-9-17(10-12-23)26-13-15-3-5-16(21)6-4-15/h3-8,17H,9-13H2,1-2H3. The molecule has 0 radical (unpaired) electrons. The SMILES string of the molecule is COC(=O)c1ccc(N2CCC(OCc3ccc(F)cc3)CC2)nc1C. The van der Waals surface area contributed by atoms with Crippen molar-refractivity contribution in [1.82, 2.24) is 4.98 Å². The van der Waals surface area contributed by atoms with Crippen LogP contribution < -0.4 is 4.90 Å². The topological polar surface area (TPSA) is 51.7 Å². The molecule has 0 N–H and O–H groups in total. The summed E-state index contributed by atoms with van der Waals surface area (Å²) in [6.45, 7) is 4.00. The van der Waals surface area contributed by atoms with Gasteiger partial charge in [-0.1, -0.05) is 12.1 Å². The Hall–Kier alpha value is -2.47. The average molecular weight is 358 g/mol. The largest absolute Gasteiger partial charge is 0.465 e. The van der Waals surface area contributed by atoms with E-state index in [0.29, 0.717) is 17.9 Å². The lowest BCUT2D eigenvalue weighted by Gasteiger charge is -2.33. The number of nitrogens with zero attached hydrogens (tertiary/aromatic N) is 2. The number of anilines is 1. The fourth-order valence-corrected chi connectivity index (χ4v) is 3.10. The molecule has 2 heterocycles. The molecule has 1 aromatic carbocycles. The van der Waals surface area contributed by atoms with Crippen molar-refractivity contribution in [2.75, 3.05) is 25.1 Å². The molecule has 0 saturated carbocycles. The molecule has 1 aliphatic rings. The van der Waals surface area contributed by atoms with Crippen LogP contribution in [0.4, 0.5) is 10.2 Å². The summed E-state index contributed by atoms with van der Waals surface area (Å²) in [7, 11) is 1.37. The van der Waals surface area contributed by atoms with Crippen LogP contribution >= 0.6 is 0 Å². The van der Waals surface area contributed by atoms with Crippen LogP contribution in [0, 0.1) is 12.7 Å². The van der Waals surface area contributed by atoms with E-state index in [1.165, 1.54) is 19.2 Å². The maximum Gasteiger partial charge on any atom is 0.339 e. The van der Waals surface area contributed by atoms with Gasteiger partial charge in [-0.3, -0.25) is 0 Å². The fraction of sp³-hybridized carbons (Fsp3) is 0.400. The first kappa shape index (κ1) is 18.3. The Bertz CT molecular complexity index is 756. The Morgan fingerprint density at radius 2 is 1.88 bits per heavy atom. The lowest BCUT2D eigenvalue weighted by Crippen LogP contribution is -2.37. The molecule has 26 heavy (non-hydrogen) atoms. The zero-order valence-electron chi connectivity index (χ0n) is 15.1. The number of carbonyl (C=O) groups excluding carboxylic acids is 1. The van der Waals surface area contributed by atoms with Crippen molar-refractivity contribution in [3.8, 4) is 0 Å². The van der Waals surface area contributed by atoms with Crippen LogP contribution in [-0.2, 0) is 16.1 Å². The van der Waals surface area contributed by atoms with Crippen LogP contribution in [0.25, 0.3) is 0 Å². The van der Waals surface area contributed by atoms with Crippen molar-refractivity contribution in [2.24, 2.45) is 0 Å². The van der Waals surface area contributed by atoms with E-state index < -0.39 is 0 Å². The van der Waals surface area contributed by atoms with Gasteiger partial charge < -0.3 is 14.4 Å². The molecule has 1 aliphatic heterocycles. The van der Waals surface area contributed by atoms with Crippen molar-refractivity contribution in [2.45, 2.75) is 32.5 Å². The molecule has 0 spiro atoms. The summed E-state index contributed by atoms with van der Waals surface area (Å²) in [6.07, 6.45) is 1.99. The van der Waals surface area contributed by atoms with Crippen LogP contribution in [0.3, 0.4) is 0 Å². The number of ether oxygens (including phenoxy) is 2. The number of aromatic nitrogens is 1. The number of pyridine rings is 1. The summed E-state index contributed by atoms with van der Waals surface area (Å²) in [5.41, 5.74) is 2.14. The molecular weight excluding hydrogens is 335 g/mol. The highest BCUT2D eigenvalue weighted by Gasteiger charge is 2.21. The maximum atomic E-state index is 12.9. The molecule has 5 nitrogen and oxygen atoms in total. The Morgan fingerprint density at radius 1 is 1.19 bits per heavy atom. The molecule has 1 saturated heterocycles. The highest BCUT2D eigenvalue weighted by atomic mass is 19.1. The highest BCUT2D eigenvalue weighted by molar-refractivity contribution is 5.90. The molecule has 0 amide bonds. The second kappa shape index (κ2) is 8.27. The van der Waals surface area contributed by atoms with Gasteiger partial charge in [-0.2, -0.15) is 0 Å². The van der Waals surface area contributed by atoms with Crippen molar-refractivity contribution in [1.29, 1.82) is 0 Å². The van der Waals surface area contributed by atoms with E-state index in [4.69, 9.17) is 9.47 Å². The molecule has 138 valence electrons. The van der Waals surface area contributed by atoms with Crippen molar-refractivity contribution in [3.05, 3.63) is 59.0 Å². The number of esters is 1. The summed E-state index contributed by atoms with van der Waals surface area (Å²) in [6, 6.07) is 10.0. The van der Waals surface area contributed by atoms with Gasteiger partial charge in [-0.15, -0.1) is 0 Å². The third-order valence-electron chi connectivity index (χ3n) is 4.64. The number of carbonyl (C=O) groups is 1. The monoisotopic (exact) mass is 358 g/mol. The molecule has 1 fully saturated rings. The molecule has 2 aromatic rings. The summed E-state index contributed by atoms with van der Waals surface area (Å²) >= 11 is 0. The van der Waals surface area contributed by atoms with Crippen LogP contribution in [0.1, 0.15) is 34.5 Å². The Balaban J connectivity index is 1.52. The molecule has 0 atom stereocenters. The van der Waals surface area contributed by atoms with Crippen molar-refractivity contribution < 1.29 is 18.7 Å². The van der Waals surface area contributed by atoms with Gasteiger partial charge in [0, 0.05) is 13.1 Å². The van der Waals surface area contributed by atoms with E-state index >= 15 is 0 Å². The first-order chi connectivity index (χ1) is 12.6. The molecule has 3 rings (SSSR count). The van der Waals surface area contributed by atoms with Gasteiger partial charge >= 0.3 is 5.97 Å². The third kappa shape index (κ3) is 4.38. The van der Waals surface area contributed by atoms with Gasteiger partial charge in [0.2, 0.25) is 0 Å². The first-order valence-electron chi connectivity index (χ1n) is 8.74. The van der Waals surface area contributed by atoms with Gasteiger partial charge in [0.05, 0.1) is 31.1 Å². The van der Waals surface area contributed by atoms with Crippen LogP contribution in [0.5, 0.6) is 0 Å². The normalized spacial score (nSPS) is 15.1. The van der Waals surface area contributed by atoms with E-state index in [1.54, 1.807) is 18.2 Å². The highest BCUT2D eigenvalue weighted by Crippen LogP contribution is 2.22. The zero-order chi connectivity index (χ0) is 18.5. The van der Waals surface area contributed by atoms with Crippen LogP contribution in [0.15, 0.2) is 36.4 Å². The van der Waals surface area contributed by atoms with E-state index in [2.05, 4.69) is 9.88 Å². The fourth-order valence-electron chi connectivity index (χ4n) is 3.10. The summed E-state index contributed by atoms with van der Waals surface area (Å²) in [5.74, 6) is 0.268. The van der Waals surface area contributed by atoms with Crippen molar-refractivity contribution >= 4 is 11.8 Å². The Labute approximate surface area is 152 Å². The number of aryl methyl sites for hydroxylation is 1. The van der Waals surface area contributed by atoms with Gasteiger partial charge in [-0.25, -0.2) is 14.2 Å². The number of piperidine rings is 1. The van der Waals surface area contributed by atoms with Crippen LogP contribution in [-0.4, -0.2) is 37.3 Å². The van der Waals surface area contributed by atoms with E-state index in [-0.39, 0.29) is 17.9 Å². The molecule has 1 aromatic heterocycles. The lowest BCUT2D eigenvalue weighted by molar-refractivity contribution is 0.0250. The minimum absolute atomic E-state index is 0.187. The molecular formula is C20H23FN2O3. The summed E-state index contributed by atoms with van der Waals surface area (Å²) < 4.78 is 23.6. The number of rotatable bonds is 5. The van der Waals surface area contributed by atoms with Gasteiger partial charge in [-0.05, 0) is 49.6 Å². The van der Waals surface area contributed by atoms with Gasteiger partial charge in [0.1, 0.15) is 11.6 Å². The van der Waals surface area contributed by atoms with Crippen molar-refractivity contribution in [3.63, 3.8) is 0 Å². The number of methoxy groups -OCH3 is 1. The first-order valence-corrected chi connectivity index (χ1v) is 8.74. The predicted octanol–water partition coefficient (Wildman–Crippen LogP) is 3.50. The minimum atomic E-state index is -0.366. The molecule has 0 unspecified atom stereocenters. The van der Waals surface area contributed by atoms with E-state index in [1.807, 2.05) is 13.0 Å².